The number of nitrogens with two attached hydrogens (primary N) is 1. The van der Waals surface area contributed by atoms with Crippen molar-refractivity contribution in [2.75, 3.05) is 12.3 Å². The Labute approximate surface area is 167 Å². The fourth-order valence-corrected chi connectivity index (χ4v) is 2.41. The van der Waals surface area contributed by atoms with Crippen molar-refractivity contribution in [2.45, 2.75) is 38.4 Å². The molecule has 7 N–H and O–H groups in total. The number of carbonyl (C=O) groups excluding carboxylic acids is 3. The van der Waals surface area contributed by atoms with Crippen molar-refractivity contribution in [1.82, 2.24) is 25.9 Å². The number of carbonyl (C=O) groups is 4. The zero-order valence-electron chi connectivity index (χ0n) is 15.6. The van der Waals surface area contributed by atoms with Crippen LogP contribution in [0.3, 0.4) is 0 Å². The Morgan fingerprint density at radius 1 is 1.18 bits per heavy atom. The van der Waals surface area contributed by atoms with Crippen LogP contribution in [0.25, 0.3) is 0 Å². The van der Waals surface area contributed by atoms with Gasteiger partial charge >= 0.3 is 5.97 Å². The highest BCUT2D eigenvalue weighted by atomic mass is 32.1. The van der Waals surface area contributed by atoms with Crippen LogP contribution in [0.1, 0.15) is 19.5 Å². The molecule has 0 fully saturated rings. The summed E-state index contributed by atoms with van der Waals surface area (Å²) in [7, 11) is 0. The molecule has 0 aromatic carbocycles. The second-order valence-corrected chi connectivity index (χ2v) is 6.83. The van der Waals surface area contributed by atoms with E-state index in [1.807, 2.05) is 0 Å². The predicted octanol–water partition coefficient (Wildman–Crippen LogP) is -1.96. The smallest absolute Gasteiger partial charge is 0.322 e. The van der Waals surface area contributed by atoms with Gasteiger partial charge in [0, 0.05) is 24.1 Å². The van der Waals surface area contributed by atoms with Gasteiger partial charge in [-0.1, -0.05) is 13.8 Å². The summed E-state index contributed by atoms with van der Waals surface area (Å²) in [6.07, 6.45) is 3.03. The predicted molar refractivity (Wildman–Crippen MR) is 103 cm³/mol. The first kappa shape index (κ1) is 23.4. The Kier molecular flexibility index (Phi) is 9.45. The fourth-order valence-electron chi connectivity index (χ4n) is 2.15. The lowest BCUT2D eigenvalue weighted by Gasteiger charge is -2.24. The first-order valence-corrected chi connectivity index (χ1v) is 9.22. The molecule has 3 amide bonds. The maximum atomic E-state index is 12.7. The molecule has 1 rings (SSSR count). The maximum Gasteiger partial charge on any atom is 0.322 e. The van der Waals surface area contributed by atoms with Crippen LogP contribution in [0, 0.1) is 5.92 Å². The maximum absolute atomic E-state index is 12.7. The highest BCUT2D eigenvalue weighted by molar-refractivity contribution is 7.80. The molecule has 11 nitrogen and oxygen atoms in total. The van der Waals surface area contributed by atoms with Crippen LogP contribution in [0.4, 0.5) is 0 Å². The number of thiol groups is 1. The summed E-state index contributed by atoms with van der Waals surface area (Å²) >= 11 is 4.01. The molecule has 0 saturated carbocycles. The van der Waals surface area contributed by atoms with Crippen LogP contribution in [0.5, 0.6) is 0 Å². The number of aliphatic carboxylic acids is 1. The zero-order chi connectivity index (χ0) is 21.3. The minimum atomic E-state index is -1.22. The number of carboxylic acid groups (broad SMARTS) is 1. The molecule has 0 saturated heterocycles. The van der Waals surface area contributed by atoms with Crippen LogP contribution in [-0.4, -0.2) is 69.2 Å². The van der Waals surface area contributed by atoms with Gasteiger partial charge in [0.15, 0.2) is 0 Å². The van der Waals surface area contributed by atoms with E-state index in [-0.39, 0.29) is 18.1 Å². The molecule has 0 spiro atoms. The number of aromatic nitrogens is 2. The average Bonchev–Trinajstić information content (AvgIpc) is 3.15. The van der Waals surface area contributed by atoms with Crippen LogP contribution >= 0.6 is 12.6 Å². The van der Waals surface area contributed by atoms with Crippen LogP contribution in [-0.2, 0) is 25.6 Å². The average molecular weight is 414 g/mol. The molecule has 12 heteroatoms. The van der Waals surface area contributed by atoms with E-state index in [1.54, 1.807) is 13.8 Å². The lowest BCUT2D eigenvalue weighted by molar-refractivity contribution is -0.138. The summed E-state index contributed by atoms with van der Waals surface area (Å²) in [6.45, 7) is 2.96. The number of carboxylic acids is 1. The third kappa shape index (κ3) is 7.56. The number of hydrogen-bond acceptors (Lipinski definition) is 7. The lowest BCUT2D eigenvalue weighted by Crippen LogP contribution is -2.57. The Hall–Kier alpha value is -2.60. The van der Waals surface area contributed by atoms with Gasteiger partial charge < -0.3 is 31.8 Å². The molecule has 156 valence electrons. The molecule has 0 bridgehead atoms. The van der Waals surface area contributed by atoms with Gasteiger partial charge in [0.25, 0.3) is 0 Å². The van der Waals surface area contributed by atoms with Gasteiger partial charge in [0.05, 0.1) is 12.4 Å². The van der Waals surface area contributed by atoms with Gasteiger partial charge in [-0.15, -0.1) is 0 Å². The molecule has 0 unspecified atom stereocenters. The van der Waals surface area contributed by atoms with Crippen molar-refractivity contribution in [3.8, 4) is 0 Å². The first-order valence-electron chi connectivity index (χ1n) is 8.59. The van der Waals surface area contributed by atoms with Gasteiger partial charge in [-0.25, -0.2) is 4.98 Å². The molecule has 3 atom stereocenters. The monoisotopic (exact) mass is 414 g/mol. The van der Waals surface area contributed by atoms with Crippen molar-refractivity contribution in [3.63, 3.8) is 0 Å². The minimum absolute atomic E-state index is 0.0621. The highest BCUT2D eigenvalue weighted by Crippen LogP contribution is 2.04. The lowest BCUT2D eigenvalue weighted by atomic mass is 10.0. The van der Waals surface area contributed by atoms with Crippen molar-refractivity contribution >= 4 is 36.3 Å². The van der Waals surface area contributed by atoms with E-state index < -0.39 is 48.4 Å². The van der Waals surface area contributed by atoms with E-state index >= 15 is 0 Å². The Morgan fingerprint density at radius 3 is 2.32 bits per heavy atom. The quantitative estimate of drug-likeness (QED) is 0.205. The number of aromatic amines is 1. The van der Waals surface area contributed by atoms with E-state index in [1.165, 1.54) is 12.5 Å². The summed E-state index contributed by atoms with van der Waals surface area (Å²) in [5.74, 6) is -3.26. The van der Waals surface area contributed by atoms with E-state index in [2.05, 4.69) is 38.5 Å². The summed E-state index contributed by atoms with van der Waals surface area (Å²) in [5, 5.41) is 15.9. The van der Waals surface area contributed by atoms with Crippen LogP contribution in [0.15, 0.2) is 12.5 Å². The van der Waals surface area contributed by atoms with Gasteiger partial charge in [0.2, 0.25) is 17.7 Å². The number of hydrogen-bond donors (Lipinski definition) is 7. The molecule has 28 heavy (non-hydrogen) atoms. The van der Waals surface area contributed by atoms with Gasteiger partial charge in [-0.3, -0.25) is 19.2 Å². The van der Waals surface area contributed by atoms with Gasteiger partial charge in [-0.2, -0.15) is 12.6 Å². The van der Waals surface area contributed by atoms with Crippen molar-refractivity contribution < 1.29 is 24.3 Å². The largest absolute Gasteiger partial charge is 0.480 e. The SMILES string of the molecule is CC(C)[C@H](N)C(=O)N[C@@H](Cc1cnc[nH]1)C(=O)N[C@@H](CS)C(=O)NCC(=O)O. The van der Waals surface area contributed by atoms with Crippen LogP contribution in [0.2, 0.25) is 0 Å². The second-order valence-electron chi connectivity index (χ2n) is 6.47. The standard InChI is InChI=1S/C16H26N6O5S/c1-8(2)13(17)16(27)21-10(3-9-4-18-7-20-9)15(26)22-11(6-28)14(25)19-5-12(23)24/h4,7-8,10-11,13,28H,3,5-6,17H2,1-2H3,(H,18,20)(H,19,25)(H,21,27)(H,22,26)(H,23,24)/t10-,11-,13-/m0/s1. The molecular weight excluding hydrogens is 388 g/mol. The molecule has 0 radical (unpaired) electrons. The Balaban J connectivity index is 2.85. The number of amides is 3. The fraction of sp³-hybridized carbons (Fsp3) is 0.562. The van der Waals surface area contributed by atoms with Crippen molar-refractivity contribution in [1.29, 1.82) is 0 Å². The number of rotatable bonds is 11. The summed E-state index contributed by atoms with van der Waals surface area (Å²) < 4.78 is 0. The van der Waals surface area contributed by atoms with E-state index in [4.69, 9.17) is 10.8 Å². The van der Waals surface area contributed by atoms with E-state index in [0.717, 1.165) is 0 Å². The number of imidazole rings is 1. The number of nitrogens with zero attached hydrogens (tertiary/aromatic N) is 1. The summed E-state index contributed by atoms with van der Waals surface area (Å²) in [4.78, 5) is 54.3. The van der Waals surface area contributed by atoms with E-state index in [9.17, 15) is 19.2 Å². The topological polar surface area (TPSA) is 179 Å². The molecular formula is C16H26N6O5S. The third-order valence-electron chi connectivity index (χ3n) is 3.86. The van der Waals surface area contributed by atoms with Gasteiger partial charge in [-0.05, 0) is 5.92 Å². The van der Waals surface area contributed by atoms with Crippen molar-refractivity contribution in [3.05, 3.63) is 18.2 Å². The minimum Gasteiger partial charge on any atom is -0.480 e. The number of H-pyrrole nitrogens is 1. The Morgan fingerprint density at radius 2 is 1.82 bits per heavy atom. The van der Waals surface area contributed by atoms with E-state index in [0.29, 0.717) is 5.69 Å². The first-order chi connectivity index (χ1) is 13.1. The molecule has 1 heterocycles. The summed E-state index contributed by atoms with van der Waals surface area (Å²) in [6, 6.07) is -2.90. The Bertz CT molecular complexity index is 681. The molecule has 1 aromatic heterocycles. The zero-order valence-corrected chi connectivity index (χ0v) is 16.5. The molecule has 0 aliphatic carbocycles. The second kappa shape index (κ2) is 11.3. The summed E-state index contributed by atoms with van der Waals surface area (Å²) in [5.41, 5.74) is 6.42. The molecule has 1 aromatic rings. The number of nitrogens with one attached hydrogen (secondary N) is 4. The van der Waals surface area contributed by atoms with Gasteiger partial charge in [0.1, 0.15) is 18.6 Å². The molecule has 0 aliphatic rings. The van der Waals surface area contributed by atoms with Crippen molar-refractivity contribution in [2.24, 2.45) is 11.7 Å². The normalized spacial score (nSPS) is 14.0. The molecule has 0 aliphatic heterocycles. The highest BCUT2D eigenvalue weighted by Gasteiger charge is 2.29. The third-order valence-corrected chi connectivity index (χ3v) is 4.23. The van der Waals surface area contributed by atoms with Crippen LogP contribution < -0.4 is 21.7 Å².